The second-order valence-electron chi connectivity index (χ2n) is 8.65. The standard InChI is InChI=1S/C18H34N2O2/c1-14(19-13-18(5)9-7-10-18)12-15-8-6-11-20(15)16(21)22-17(2,3)4/h14-15,19H,6-13H2,1-5H3. The van der Waals surface area contributed by atoms with Gasteiger partial charge in [0.05, 0.1) is 0 Å². The molecule has 0 aromatic rings. The number of hydrogen-bond acceptors (Lipinski definition) is 3. The van der Waals surface area contributed by atoms with Crippen LogP contribution in [0.3, 0.4) is 0 Å². The maximum atomic E-state index is 12.3. The van der Waals surface area contributed by atoms with E-state index >= 15 is 0 Å². The Balaban J connectivity index is 1.78. The molecule has 0 aromatic heterocycles. The van der Waals surface area contributed by atoms with Crippen LogP contribution in [0, 0.1) is 5.41 Å². The third kappa shape index (κ3) is 4.87. The predicted octanol–water partition coefficient (Wildman–Crippen LogP) is 3.94. The summed E-state index contributed by atoms with van der Waals surface area (Å²) in [5, 5.41) is 3.68. The molecule has 4 heteroatoms. The van der Waals surface area contributed by atoms with Gasteiger partial charge in [-0.25, -0.2) is 4.79 Å². The van der Waals surface area contributed by atoms with E-state index in [0.717, 1.165) is 32.4 Å². The van der Waals surface area contributed by atoms with E-state index in [1.165, 1.54) is 19.3 Å². The molecule has 1 aliphatic heterocycles. The fourth-order valence-corrected chi connectivity index (χ4v) is 3.51. The summed E-state index contributed by atoms with van der Waals surface area (Å²) in [5.74, 6) is 0. The molecule has 1 amide bonds. The summed E-state index contributed by atoms with van der Waals surface area (Å²) in [6, 6.07) is 0.775. The smallest absolute Gasteiger partial charge is 0.410 e. The zero-order valence-corrected chi connectivity index (χ0v) is 15.1. The van der Waals surface area contributed by atoms with Gasteiger partial charge in [0.25, 0.3) is 0 Å². The molecule has 2 atom stereocenters. The number of hydrogen-bond donors (Lipinski definition) is 1. The Kier molecular flexibility index (Phi) is 5.41. The van der Waals surface area contributed by atoms with E-state index in [-0.39, 0.29) is 6.09 Å². The van der Waals surface area contributed by atoms with Crippen molar-refractivity contribution in [1.82, 2.24) is 10.2 Å². The molecule has 22 heavy (non-hydrogen) atoms. The molecule has 1 N–H and O–H groups in total. The molecule has 0 bridgehead atoms. The Hall–Kier alpha value is -0.770. The summed E-state index contributed by atoms with van der Waals surface area (Å²) in [6.07, 6.45) is 7.14. The average molecular weight is 310 g/mol. The summed E-state index contributed by atoms with van der Waals surface area (Å²) in [5.41, 5.74) is 0.0989. The summed E-state index contributed by atoms with van der Waals surface area (Å²) in [4.78, 5) is 14.2. The van der Waals surface area contributed by atoms with Crippen LogP contribution >= 0.6 is 0 Å². The molecule has 1 saturated carbocycles. The van der Waals surface area contributed by atoms with Crippen LogP contribution < -0.4 is 5.32 Å². The molecule has 2 fully saturated rings. The number of rotatable bonds is 5. The van der Waals surface area contributed by atoms with Gasteiger partial charge in [0, 0.05) is 25.2 Å². The Morgan fingerprint density at radius 3 is 2.59 bits per heavy atom. The molecule has 1 saturated heterocycles. The van der Waals surface area contributed by atoms with Crippen molar-refractivity contribution >= 4 is 6.09 Å². The molecule has 4 nitrogen and oxygen atoms in total. The van der Waals surface area contributed by atoms with Crippen molar-refractivity contribution in [2.75, 3.05) is 13.1 Å². The molecular formula is C18H34N2O2. The average Bonchev–Trinajstić information content (AvgIpc) is 2.80. The van der Waals surface area contributed by atoms with Crippen LogP contribution in [-0.4, -0.2) is 41.8 Å². The molecular weight excluding hydrogens is 276 g/mol. The van der Waals surface area contributed by atoms with E-state index in [2.05, 4.69) is 19.2 Å². The number of nitrogens with one attached hydrogen (secondary N) is 1. The SMILES string of the molecule is CC(CC1CCCN1C(=O)OC(C)(C)C)NCC1(C)CCC1. The molecule has 0 radical (unpaired) electrons. The number of amides is 1. The van der Waals surface area contributed by atoms with Gasteiger partial charge in [-0.15, -0.1) is 0 Å². The number of ether oxygens (including phenoxy) is 1. The Labute approximate surface area is 136 Å². The highest BCUT2D eigenvalue weighted by Gasteiger charge is 2.34. The highest BCUT2D eigenvalue weighted by atomic mass is 16.6. The predicted molar refractivity (Wildman–Crippen MR) is 90.0 cm³/mol. The fraction of sp³-hybridized carbons (Fsp3) is 0.944. The summed E-state index contributed by atoms with van der Waals surface area (Å²) in [7, 11) is 0. The van der Waals surface area contributed by atoms with Gasteiger partial charge < -0.3 is 15.0 Å². The molecule has 2 aliphatic rings. The van der Waals surface area contributed by atoms with E-state index in [1.54, 1.807) is 0 Å². The van der Waals surface area contributed by atoms with Crippen LogP contribution in [0.1, 0.15) is 73.1 Å². The van der Waals surface area contributed by atoms with Gasteiger partial charge in [0.1, 0.15) is 5.60 Å². The first-order valence-electron chi connectivity index (χ1n) is 8.92. The van der Waals surface area contributed by atoms with Crippen LogP contribution in [-0.2, 0) is 4.74 Å². The van der Waals surface area contributed by atoms with Crippen molar-refractivity contribution in [3.05, 3.63) is 0 Å². The number of carbonyl (C=O) groups excluding carboxylic acids is 1. The lowest BCUT2D eigenvalue weighted by Gasteiger charge is -2.40. The van der Waals surface area contributed by atoms with Gasteiger partial charge >= 0.3 is 6.09 Å². The van der Waals surface area contributed by atoms with Crippen LogP contribution in [0.4, 0.5) is 4.79 Å². The minimum Gasteiger partial charge on any atom is -0.444 e. The highest BCUT2D eigenvalue weighted by molar-refractivity contribution is 5.68. The third-order valence-corrected chi connectivity index (χ3v) is 5.07. The van der Waals surface area contributed by atoms with Gasteiger partial charge in [-0.1, -0.05) is 13.3 Å². The number of nitrogens with zero attached hydrogens (tertiary/aromatic N) is 1. The molecule has 128 valence electrons. The van der Waals surface area contributed by atoms with Gasteiger partial charge in [0.15, 0.2) is 0 Å². The topological polar surface area (TPSA) is 41.6 Å². The van der Waals surface area contributed by atoms with E-state index in [4.69, 9.17) is 4.74 Å². The van der Waals surface area contributed by atoms with Gasteiger partial charge in [-0.05, 0) is 65.2 Å². The van der Waals surface area contributed by atoms with Crippen molar-refractivity contribution < 1.29 is 9.53 Å². The van der Waals surface area contributed by atoms with E-state index in [0.29, 0.717) is 17.5 Å². The molecule has 1 aliphatic carbocycles. The van der Waals surface area contributed by atoms with Crippen LogP contribution in [0.2, 0.25) is 0 Å². The van der Waals surface area contributed by atoms with E-state index in [9.17, 15) is 4.79 Å². The van der Waals surface area contributed by atoms with E-state index in [1.807, 2.05) is 25.7 Å². The summed E-state index contributed by atoms with van der Waals surface area (Å²) >= 11 is 0. The van der Waals surface area contributed by atoms with Crippen molar-refractivity contribution in [1.29, 1.82) is 0 Å². The minimum atomic E-state index is -0.410. The Morgan fingerprint density at radius 1 is 1.36 bits per heavy atom. The number of carbonyl (C=O) groups is 1. The molecule has 0 aromatic carbocycles. The lowest BCUT2D eigenvalue weighted by Crippen LogP contribution is -2.45. The van der Waals surface area contributed by atoms with Crippen LogP contribution in [0.25, 0.3) is 0 Å². The fourth-order valence-electron chi connectivity index (χ4n) is 3.51. The maximum absolute atomic E-state index is 12.3. The van der Waals surface area contributed by atoms with Crippen molar-refractivity contribution in [3.63, 3.8) is 0 Å². The minimum absolute atomic E-state index is 0.145. The summed E-state index contributed by atoms with van der Waals surface area (Å²) in [6.45, 7) is 12.3. The lowest BCUT2D eigenvalue weighted by atomic mass is 9.70. The second kappa shape index (κ2) is 6.77. The van der Waals surface area contributed by atoms with Gasteiger partial charge in [-0.3, -0.25) is 0 Å². The molecule has 0 spiro atoms. The second-order valence-corrected chi connectivity index (χ2v) is 8.65. The highest BCUT2D eigenvalue weighted by Crippen LogP contribution is 2.39. The maximum Gasteiger partial charge on any atom is 0.410 e. The quantitative estimate of drug-likeness (QED) is 0.836. The third-order valence-electron chi connectivity index (χ3n) is 5.07. The molecule has 2 unspecified atom stereocenters. The van der Waals surface area contributed by atoms with Gasteiger partial charge in [0.2, 0.25) is 0 Å². The van der Waals surface area contributed by atoms with Gasteiger partial charge in [-0.2, -0.15) is 0 Å². The first kappa shape index (κ1) is 17.6. The van der Waals surface area contributed by atoms with Crippen molar-refractivity contribution in [2.45, 2.75) is 90.8 Å². The Morgan fingerprint density at radius 2 is 2.05 bits per heavy atom. The van der Waals surface area contributed by atoms with Crippen molar-refractivity contribution in [3.8, 4) is 0 Å². The first-order valence-corrected chi connectivity index (χ1v) is 8.92. The largest absolute Gasteiger partial charge is 0.444 e. The van der Waals surface area contributed by atoms with E-state index < -0.39 is 5.60 Å². The van der Waals surface area contributed by atoms with Crippen molar-refractivity contribution in [2.24, 2.45) is 5.41 Å². The number of likely N-dealkylation sites (tertiary alicyclic amines) is 1. The molecule has 2 rings (SSSR count). The molecule has 1 heterocycles. The summed E-state index contributed by atoms with van der Waals surface area (Å²) < 4.78 is 5.54. The van der Waals surface area contributed by atoms with Crippen LogP contribution in [0.5, 0.6) is 0 Å². The Bertz CT molecular complexity index is 385. The lowest BCUT2D eigenvalue weighted by molar-refractivity contribution is 0.0212. The first-order chi connectivity index (χ1) is 10.2. The normalized spacial score (nSPS) is 25.7. The monoisotopic (exact) mass is 310 g/mol. The van der Waals surface area contributed by atoms with Crippen LogP contribution in [0.15, 0.2) is 0 Å². The zero-order chi connectivity index (χ0) is 16.4. The zero-order valence-electron chi connectivity index (χ0n) is 15.1.